The number of guanidine groups is 1. The van der Waals surface area contributed by atoms with Gasteiger partial charge in [0.05, 0.1) is 18.6 Å². The number of nitrogens with two attached hydrogens (primary N) is 1. The molecule has 10 heteroatoms. The number of carbonyl (C=O) groups excluding carboxylic acids is 2. The molecule has 0 bridgehead atoms. The number of carbonyl (C=O) groups is 2. The van der Waals surface area contributed by atoms with Crippen LogP contribution >= 0.6 is 0 Å². The van der Waals surface area contributed by atoms with Crippen molar-refractivity contribution in [2.75, 3.05) is 26.7 Å². The summed E-state index contributed by atoms with van der Waals surface area (Å²) in [5.74, 6) is 6.79. The van der Waals surface area contributed by atoms with E-state index in [2.05, 4.69) is 26.7 Å². The predicted molar refractivity (Wildman–Crippen MR) is 132 cm³/mol. The first-order valence-corrected chi connectivity index (χ1v) is 11.9. The van der Waals surface area contributed by atoms with Gasteiger partial charge in [-0.1, -0.05) is 24.1 Å². The summed E-state index contributed by atoms with van der Waals surface area (Å²) >= 11 is 0. The van der Waals surface area contributed by atoms with Crippen molar-refractivity contribution >= 4 is 28.8 Å². The summed E-state index contributed by atoms with van der Waals surface area (Å²) < 4.78 is 0. The number of rotatable bonds is 3. The van der Waals surface area contributed by atoms with Crippen molar-refractivity contribution in [2.24, 2.45) is 10.7 Å². The molecule has 35 heavy (non-hydrogen) atoms. The molecule has 2 fully saturated rings. The Morgan fingerprint density at radius 1 is 1.20 bits per heavy atom. The van der Waals surface area contributed by atoms with Crippen LogP contribution in [0.2, 0.25) is 0 Å². The number of fused-ring (bicyclic) bond motifs is 2. The molecule has 2 N–H and O–H groups in total. The van der Waals surface area contributed by atoms with Crippen LogP contribution in [0.4, 0.5) is 4.79 Å². The highest BCUT2D eigenvalue weighted by molar-refractivity contribution is 6.03. The van der Waals surface area contributed by atoms with E-state index in [0.29, 0.717) is 24.9 Å². The minimum Gasteiger partial charge on any atom is -0.341 e. The molecule has 0 spiro atoms. The maximum atomic E-state index is 13.8. The molecule has 0 radical (unpaired) electrons. The van der Waals surface area contributed by atoms with Crippen molar-refractivity contribution in [1.29, 1.82) is 0 Å². The van der Waals surface area contributed by atoms with Crippen LogP contribution in [0.3, 0.4) is 0 Å². The molecule has 1 aromatic heterocycles. The lowest BCUT2D eigenvalue weighted by atomic mass is 10.1. The monoisotopic (exact) mass is 474 g/mol. The van der Waals surface area contributed by atoms with Gasteiger partial charge in [0.25, 0.3) is 5.91 Å². The first-order valence-electron chi connectivity index (χ1n) is 11.9. The van der Waals surface area contributed by atoms with Crippen molar-refractivity contribution in [3.63, 3.8) is 0 Å². The van der Waals surface area contributed by atoms with Gasteiger partial charge in [-0.2, -0.15) is 0 Å². The Morgan fingerprint density at radius 2 is 2.00 bits per heavy atom. The first-order chi connectivity index (χ1) is 16.9. The third kappa shape index (κ3) is 4.06. The number of aliphatic imine (C=N–C) groups is 1. The second-order valence-corrected chi connectivity index (χ2v) is 9.25. The number of nitrogens with zero attached hydrogens (tertiary/aromatic N) is 7. The van der Waals surface area contributed by atoms with Crippen LogP contribution in [0.15, 0.2) is 29.3 Å². The minimum atomic E-state index is -0.659. The largest absolute Gasteiger partial charge is 0.341 e. The molecular weight excluding hydrogens is 444 g/mol. The zero-order chi connectivity index (χ0) is 24.7. The average Bonchev–Trinajstić information content (AvgIpc) is 3.24. The van der Waals surface area contributed by atoms with Crippen LogP contribution in [0.25, 0.3) is 10.9 Å². The number of piperidine rings is 1. The maximum absolute atomic E-state index is 13.8. The van der Waals surface area contributed by atoms with Gasteiger partial charge in [0.1, 0.15) is 5.82 Å². The molecular formula is C25H30N8O2. The number of hydrogen-bond acceptors (Lipinski definition) is 8. The van der Waals surface area contributed by atoms with Gasteiger partial charge in [-0.15, -0.1) is 5.92 Å². The number of likely N-dealkylation sites (N-methyl/N-ethyl adjacent to an activating group) is 1. The molecule has 10 nitrogen and oxygen atoms in total. The van der Waals surface area contributed by atoms with Gasteiger partial charge in [0.2, 0.25) is 0 Å². The second kappa shape index (κ2) is 9.15. The highest BCUT2D eigenvalue weighted by Gasteiger charge is 2.53. The van der Waals surface area contributed by atoms with Crippen LogP contribution in [0.5, 0.6) is 0 Å². The van der Waals surface area contributed by atoms with Gasteiger partial charge >= 0.3 is 6.03 Å². The van der Waals surface area contributed by atoms with Crippen molar-refractivity contribution in [2.45, 2.75) is 51.5 Å². The number of aromatic nitrogens is 2. The van der Waals surface area contributed by atoms with E-state index in [1.54, 1.807) is 14.0 Å². The second-order valence-electron chi connectivity index (χ2n) is 9.25. The van der Waals surface area contributed by atoms with Gasteiger partial charge in [-0.25, -0.2) is 19.8 Å². The molecule has 5 rings (SSSR count). The fourth-order valence-corrected chi connectivity index (χ4v) is 5.11. The third-order valence-electron chi connectivity index (χ3n) is 6.88. The van der Waals surface area contributed by atoms with Crippen LogP contribution in [0, 0.1) is 18.8 Å². The summed E-state index contributed by atoms with van der Waals surface area (Å²) in [6.07, 6.45) is 1.30. The fourth-order valence-electron chi connectivity index (χ4n) is 5.11. The van der Waals surface area contributed by atoms with Gasteiger partial charge in [0.15, 0.2) is 18.2 Å². The van der Waals surface area contributed by atoms with Crippen molar-refractivity contribution < 1.29 is 9.59 Å². The molecule has 182 valence electrons. The first kappa shape index (κ1) is 23.1. The number of imide groups is 1. The number of aryl methyl sites for hydroxylation is 1. The smallest absolute Gasteiger partial charge is 0.328 e. The molecule has 1 aromatic carbocycles. The number of para-hydroxylation sites is 1. The minimum absolute atomic E-state index is 0.00583. The van der Waals surface area contributed by atoms with E-state index in [1.165, 1.54) is 9.80 Å². The van der Waals surface area contributed by atoms with E-state index >= 15 is 0 Å². The maximum Gasteiger partial charge on any atom is 0.328 e. The fraction of sp³-hybridized carbons (Fsp3) is 0.480. The number of urea groups is 1. The summed E-state index contributed by atoms with van der Waals surface area (Å²) in [5, 5.41) is 0.947. The Labute approximate surface area is 204 Å². The molecule has 3 atom stereocenters. The molecule has 3 aliphatic rings. The molecule has 4 heterocycles. The van der Waals surface area contributed by atoms with E-state index in [0.717, 1.165) is 36.0 Å². The predicted octanol–water partition coefficient (Wildman–Crippen LogP) is 1.14. The van der Waals surface area contributed by atoms with Crippen LogP contribution in [-0.2, 0) is 11.3 Å². The SMILES string of the molecule is CC#CCN1C(N2CCC[C@@H](N)C2)=NC2C1C(=O)N(Cc1nc(C)c3ccccc3n1)C(=O)N2C. The van der Waals surface area contributed by atoms with E-state index in [9.17, 15) is 9.59 Å². The highest BCUT2D eigenvalue weighted by atomic mass is 16.2. The van der Waals surface area contributed by atoms with Crippen LogP contribution in [-0.4, -0.2) is 92.4 Å². The summed E-state index contributed by atoms with van der Waals surface area (Å²) in [6.45, 7) is 5.48. The van der Waals surface area contributed by atoms with Crippen molar-refractivity contribution in [3.8, 4) is 11.8 Å². The number of benzene rings is 1. The molecule has 2 aromatic rings. The van der Waals surface area contributed by atoms with Crippen molar-refractivity contribution in [1.82, 2.24) is 29.6 Å². The molecule has 2 saturated heterocycles. The van der Waals surface area contributed by atoms with Gasteiger partial charge in [0, 0.05) is 37.3 Å². The zero-order valence-corrected chi connectivity index (χ0v) is 20.3. The van der Waals surface area contributed by atoms with Gasteiger partial charge in [-0.3, -0.25) is 9.69 Å². The molecule has 3 amide bonds. The Kier molecular flexibility index (Phi) is 6.03. The van der Waals surface area contributed by atoms with Crippen LogP contribution in [0.1, 0.15) is 31.3 Å². The average molecular weight is 475 g/mol. The Hall–Kier alpha value is -3.71. The quantitative estimate of drug-likeness (QED) is 0.664. The summed E-state index contributed by atoms with van der Waals surface area (Å²) in [6, 6.07) is 6.69. The highest BCUT2D eigenvalue weighted by Crippen LogP contribution is 2.30. The Balaban J connectivity index is 1.46. The number of hydrogen-bond donors (Lipinski definition) is 1. The Morgan fingerprint density at radius 3 is 2.77 bits per heavy atom. The van der Waals surface area contributed by atoms with E-state index in [4.69, 9.17) is 10.7 Å². The summed E-state index contributed by atoms with van der Waals surface area (Å²) in [7, 11) is 1.68. The lowest BCUT2D eigenvalue weighted by molar-refractivity contribution is -0.138. The van der Waals surface area contributed by atoms with Crippen LogP contribution < -0.4 is 5.73 Å². The number of likely N-dealkylation sites (tertiary alicyclic amines) is 1. The van der Waals surface area contributed by atoms with E-state index in [1.807, 2.05) is 36.1 Å². The number of amides is 3. The zero-order valence-electron chi connectivity index (χ0n) is 20.3. The summed E-state index contributed by atoms with van der Waals surface area (Å²) in [4.78, 5) is 48.0. The lowest BCUT2D eigenvalue weighted by Gasteiger charge is -2.41. The summed E-state index contributed by atoms with van der Waals surface area (Å²) in [5.41, 5.74) is 7.81. The lowest BCUT2D eigenvalue weighted by Crippen LogP contribution is -2.65. The normalized spacial score (nSPS) is 24.5. The molecule has 0 saturated carbocycles. The van der Waals surface area contributed by atoms with Gasteiger partial charge < -0.3 is 20.4 Å². The molecule has 2 unspecified atom stereocenters. The van der Waals surface area contributed by atoms with E-state index < -0.39 is 18.2 Å². The standard InChI is InChI=1S/C25H30N8O2/c1-4-5-13-32-21-22(29-24(32)31-12-8-9-17(26)14-31)30(3)25(35)33(23(21)34)15-20-27-16(2)18-10-6-7-11-19(18)28-20/h6-7,10-11,17,21-22H,8-9,12-15,26H2,1-3H3/t17-,21?,22?/m1/s1. The van der Waals surface area contributed by atoms with E-state index in [-0.39, 0.29) is 18.5 Å². The molecule has 0 aliphatic carbocycles. The topological polar surface area (TPSA) is 111 Å². The molecule has 3 aliphatic heterocycles. The Bertz CT molecular complexity index is 1270. The van der Waals surface area contributed by atoms with Crippen molar-refractivity contribution in [3.05, 3.63) is 35.8 Å². The third-order valence-corrected chi connectivity index (χ3v) is 6.88. The van der Waals surface area contributed by atoms with Gasteiger partial charge in [-0.05, 0) is 32.8 Å².